The first-order chi connectivity index (χ1) is 5.11. The number of hydrogen-bond donors (Lipinski definition) is 0. The smallest absolute Gasteiger partial charge is 0.0917 e. The molecule has 0 N–H and O–H groups in total. The topological polar surface area (TPSA) is 29.4 Å². The molecule has 2 unspecified atom stereocenters. The number of rotatable bonds is 5. The van der Waals surface area contributed by atoms with Gasteiger partial charge in [-0.15, -0.1) is 6.58 Å². The van der Waals surface area contributed by atoms with Gasteiger partial charge < -0.3 is 0 Å². The fourth-order valence-electron chi connectivity index (χ4n) is 0.983. The monoisotopic (exact) mass is 155 g/mol. The molecule has 64 valence electrons. The first kappa shape index (κ1) is 10.3. The van der Waals surface area contributed by atoms with E-state index in [-0.39, 0.29) is 6.04 Å². The van der Waals surface area contributed by atoms with E-state index in [2.05, 4.69) is 18.7 Å². The van der Waals surface area contributed by atoms with Gasteiger partial charge in [0, 0.05) is 0 Å². The maximum atomic E-state index is 10.1. The molecule has 0 fully saturated rings. The molecule has 0 rings (SSSR count). The van der Waals surface area contributed by atoms with Gasteiger partial charge >= 0.3 is 0 Å². The van der Waals surface area contributed by atoms with Crippen molar-refractivity contribution in [3.05, 3.63) is 17.6 Å². The third-order valence-electron chi connectivity index (χ3n) is 2.14. The van der Waals surface area contributed by atoms with Gasteiger partial charge in [0.2, 0.25) is 0 Å². The molecule has 11 heavy (non-hydrogen) atoms. The Balaban J connectivity index is 3.75. The Bertz CT molecular complexity index is 134. The van der Waals surface area contributed by atoms with Crippen molar-refractivity contribution < 1.29 is 0 Å². The molecule has 2 heteroatoms. The average Bonchev–Trinajstić information content (AvgIpc) is 2.02. The highest BCUT2D eigenvalue weighted by Crippen LogP contribution is 2.17. The van der Waals surface area contributed by atoms with E-state index in [1.807, 2.05) is 19.9 Å². The highest BCUT2D eigenvalue weighted by Gasteiger charge is 2.13. The lowest BCUT2D eigenvalue weighted by atomic mass is 9.93. The number of hydrogen-bond acceptors (Lipinski definition) is 2. The van der Waals surface area contributed by atoms with Gasteiger partial charge in [-0.3, -0.25) is 0 Å². The van der Waals surface area contributed by atoms with Gasteiger partial charge in [0.25, 0.3) is 0 Å². The van der Waals surface area contributed by atoms with Gasteiger partial charge in [0.05, 0.1) is 6.04 Å². The van der Waals surface area contributed by atoms with Crippen LogP contribution in [0.1, 0.15) is 27.2 Å². The van der Waals surface area contributed by atoms with Crippen LogP contribution in [-0.2, 0) is 0 Å². The SMILES string of the molecule is C=CC(C)C[C@H](C)C(C)N=O. The van der Waals surface area contributed by atoms with Crippen molar-refractivity contribution in [3.8, 4) is 0 Å². The van der Waals surface area contributed by atoms with E-state index in [0.29, 0.717) is 11.8 Å². The second-order valence-corrected chi connectivity index (χ2v) is 3.27. The quantitative estimate of drug-likeness (QED) is 0.443. The number of allylic oxidation sites excluding steroid dienone is 1. The van der Waals surface area contributed by atoms with E-state index < -0.39 is 0 Å². The summed E-state index contributed by atoms with van der Waals surface area (Å²) in [6.45, 7) is 9.69. The molecule has 0 amide bonds. The Morgan fingerprint density at radius 1 is 1.45 bits per heavy atom. The second kappa shape index (κ2) is 5.05. The van der Waals surface area contributed by atoms with Crippen molar-refractivity contribution in [1.82, 2.24) is 0 Å². The molecule has 0 aliphatic heterocycles. The summed E-state index contributed by atoms with van der Waals surface area (Å²) in [4.78, 5) is 10.1. The van der Waals surface area contributed by atoms with Crippen LogP contribution >= 0.6 is 0 Å². The minimum atomic E-state index is -0.0719. The van der Waals surface area contributed by atoms with Crippen LogP contribution in [0.5, 0.6) is 0 Å². The summed E-state index contributed by atoms with van der Waals surface area (Å²) in [6.07, 6.45) is 2.91. The highest BCUT2D eigenvalue weighted by molar-refractivity contribution is 4.79. The normalized spacial score (nSPS) is 18.5. The van der Waals surface area contributed by atoms with Crippen LogP contribution in [0.25, 0.3) is 0 Å². The molecular formula is C9H17NO. The lowest BCUT2D eigenvalue weighted by molar-refractivity contribution is 0.407. The van der Waals surface area contributed by atoms with E-state index in [1.54, 1.807) is 0 Å². The van der Waals surface area contributed by atoms with Crippen molar-refractivity contribution in [2.24, 2.45) is 17.0 Å². The third-order valence-corrected chi connectivity index (χ3v) is 2.14. The van der Waals surface area contributed by atoms with E-state index in [9.17, 15) is 4.91 Å². The van der Waals surface area contributed by atoms with Gasteiger partial charge in [-0.25, -0.2) is 0 Å². The standard InChI is InChI=1S/C9H17NO/c1-5-7(2)6-8(3)9(4)10-11/h5,7-9H,1,6H2,2-4H3/t7?,8-,9?/m0/s1. The zero-order valence-corrected chi connectivity index (χ0v) is 7.58. The molecule has 3 atom stereocenters. The van der Waals surface area contributed by atoms with Gasteiger partial charge in [-0.2, -0.15) is 4.91 Å². The molecule has 0 bridgehead atoms. The average molecular weight is 155 g/mol. The first-order valence-electron chi connectivity index (χ1n) is 4.06. The second-order valence-electron chi connectivity index (χ2n) is 3.27. The highest BCUT2D eigenvalue weighted by atomic mass is 16.3. The van der Waals surface area contributed by atoms with Gasteiger partial charge in [0.15, 0.2) is 0 Å². The summed E-state index contributed by atoms with van der Waals surface area (Å²) in [7, 11) is 0. The van der Waals surface area contributed by atoms with Crippen LogP contribution < -0.4 is 0 Å². The largest absolute Gasteiger partial charge is 0.151 e. The Morgan fingerprint density at radius 3 is 2.36 bits per heavy atom. The van der Waals surface area contributed by atoms with Crippen molar-refractivity contribution in [1.29, 1.82) is 0 Å². The first-order valence-corrected chi connectivity index (χ1v) is 4.06. The van der Waals surface area contributed by atoms with E-state index in [4.69, 9.17) is 0 Å². The molecule has 0 aromatic carbocycles. The lowest BCUT2D eigenvalue weighted by Crippen LogP contribution is -2.13. The fraction of sp³-hybridized carbons (Fsp3) is 0.778. The molecule has 0 aliphatic rings. The van der Waals surface area contributed by atoms with Crippen molar-refractivity contribution in [2.75, 3.05) is 0 Å². The number of nitroso groups, excluding NO2 is 1. The van der Waals surface area contributed by atoms with Gasteiger partial charge in [-0.1, -0.05) is 25.1 Å². The summed E-state index contributed by atoms with van der Waals surface area (Å²) in [5.41, 5.74) is 0. The molecule has 0 radical (unpaired) electrons. The van der Waals surface area contributed by atoms with E-state index >= 15 is 0 Å². The predicted octanol–water partition coefficient (Wildman–Crippen LogP) is 2.99. The van der Waals surface area contributed by atoms with Crippen LogP contribution in [0.3, 0.4) is 0 Å². The molecule has 2 nitrogen and oxygen atoms in total. The zero-order valence-electron chi connectivity index (χ0n) is 7.58. The van der Waals surface area contributed by atoms with Crippen molar-refractivity contribution in [3.63, 3.8) is 0 Å². The summed E-state index contributed by atoms with van der Waals surface area (Å²) in [5, 5.41) is 2.99. The van der Waals surface area contributed by atoms with Crippen molar-refractivity contribution >= 4 is 0 Å². The molecule has 0 spiro atoms. The van der Waals surface area contributed by atoms with E-state index in [1.165, 1.54) is 0 Å². The van der Waals surface area contributed by atoms with Crippen LogP contribution in [-0.4, -0.2) is 6.04 Å². The Hall–Kier alpha value is -0.660. The Kier molecular flexibility index (Phi) is 4.75. The predicted molar refractivity (Wildman–Crippen MR) is 48.4 cm³/mol. The minimum Gasteiger partial charge on any atom is -0.151 e. The molecule has 0 aromatic heterocycles. The van der Waals surface area contributed by atoms with Gasteiger partial charge in [-0.05, 0) is 25.2 Å². The molecule has 0 saturated carbocycles. The maximum Gasteiger partial charge on any atom is 0.0917 e. The van der Waals surface area contributed by atoms with Crippen LogP contribution in [0.4, 0.5) is 0 Å². The Labute approximate surface area is 68.7 Å². The molecular weight excluding hydrogens is 138 g/mol. The zero-order chi connectivity index (χ0) is 8.85. The molecule has 0 aliphatic carbocycles. The van der Waals surface area contributed by atoms with Crippen molar-refractivity contribution in [2.45, 2.75) is 33.2 Å². The summed E-state index contributed by atoms with van der Waals surface area (Å²) >= 11 is 0. The van der Waals surface area contributed by atoms with Gasteiger partial charge in [0.1, 0.15) is 0 Å². The molecule has 0 aromatic rings. The summed E-state index contributed by atoms with van der Waals surface area (Å²) < 4.78 is 0. The summed E-state index contributed by atoms with van der Waals surface area (Å²) in [5.74, 6) is 0.842. The minimum absolute atomic E-state index is 0.0719. The number of nitrogens with zero attached hydrogens (tertiary/aromatic N) is 1. The maximum absolute atomic E-state index is 10.1. The summed E-state index contributed by atoms with van der Waals surface area (Å²) in [6, 6.07) is -0.0719. The van der Waals surface area contributed by atoms with Crippen LogP contribution in [0, 0.1) is 16.7 Å². The third kappa shape index (κ3) is 3.91. The van der Waals surface area contributed by atoms with Crippen LogP contribution in [0.2, 0.25) is 0 Å². The molecule has 0 saturated heterocycles. The molecule has 0 heterocycles. The van der Waals surface area contributed by atoms with E-state index in [0.717, 1.165) is 6.42 Å². The fourth-order valence-corrected chi connectivity index (χ4v) is 0.983. The lowest BCUT2D eigenvalue weighted by Gasteiger charge is -2.15. The van der Waals surface area contributed by atoms with Crippen LogP contribution in [0.15, 0.2) is 17.8 Å². The Morgan fingerprint density at radius 2 is 2.00 bits per heavy atom.